The molecule has 0 bridgehead atoms. The second-order valence-corrected chi connectivity index (χ2v) is 5.30. The Kier molecular flexibility index (Phi) is 3.74. The first-order valence-electron chi connectivity index (χ1n) is 7.63. The maximum atomic E-state index is 5.86. The largest absolute Gasteiger partial charge is 0.480 e. The van der Waals surface area contributed by atoms with Crippen LogP contribution in [0, 0.1) is 6.92 Å². The van der Waals surface area contributed by atoms with E-state index in [4.69, 9.17) is 13.7 Å². The molecule has 0 aliphatic carbocycles. The highest BCUT2D eigenvalue weighted by Crippen LogP contribution is 2.35. The lowest BCUT2D eigenvalue weighted by Crippen LogP contribution is -1.90. The van der Waals surface area contributed by atoms with Crippen LogP contribution in [0.25, 0.3) is 34.2 Å². The number of aromatic nitrogens is 4. The van der Waals surface area contributed by atoms with Gasteiger partial charge >= 0.3 is 0 Å². The highest BCUT2D eigenvalue weighted by atomic mass is 16.5. The molecule has 0 N–H and O–H groups in total. The van der Waals surface area contributed by atoms with E-state index in [1.54, 1.807) is 19.4 Å². The SMILES string of the molecule is COc1ncccc1-c1nnc(-c2c(-c3ccccc3)noc2C)o1. The monoisotopic (exact) mass is 334 g/mol. The van der Waals surface area contributed by atoms with E-state index in [9.17, 15) is 0 Å². The number of methoxy groups -OCH3 is 1. The Balaban J connectivity index is 1.81. The first-order chi connectivity index (χ1) is 12.3. The van der Waals surface area contributed by atoms with Crippen LogP contribution < -0.4 is 4.74 Å². The number of hydrogen-bond acceptors (Lipinski definition) is 7. The van der Waals surface area contributed by atoms with Crippen LogP contribution >= 0.6 is 0 Å². The van der Waals surface area contributed by atoms with Crippen LogP contribution in [-0.4, -0.2) is 27.4 Å². The fourth-order valence-electron chi connectivity index (χ4n) is 2.57. The lowest BCUT2D eigenvalue weighted by atomic mass is 10.1. The van der Waals surface area contributed by atoms with E-state index in [-0.39, 0.29) is 0 Å². The number of pyridine rings is 1. The molecule has 0 amide bonds. The molecule has 124 valence electrons. The number of hydrogen-bond donors (Lipinski definition) is 0. The maximum Gasteiger partial charge on any atom is 0.254 e. The van der Waals surface area contributed by atoms with Gasteiger partial charge in [-0.2, -0.15) is 0 Å². The van der Waals surface area contributed by atoms with Gasteiger partial charge in [-0.1, -0.05) is 35.5 Å². The Bertz CT molecular complexity index is 1010. The summed E-state index contributed by atoms with van der Waals surface area (Å²) in [5.41, 5.74) is 2.87. The highest BCUT2D eigenvalue weighted by Gasteiger charge is 2.23. The molecule has 0 radical (unpaired) electrons. The number of nitrogens with zero attached hydrogens (tertiary/aromatic N) is 4. The van der Waals surface area contributed by atoms with Crippen molar-refractivity contribution in [3.05, 3.63) is 54.4 Å². The Hall–Kier alpha value is -3.48. The topological polar surface area (TPSA) is 87.1 Å². The van der Waals surface area contributed by atoms with Crippen molar-refractivity contribution >= 4 is 0 Å². The van der Waals surface area contributed by atoms with Crippen molar-refractivity contribution in [1.29, 1.82) is 0 Å². The zero-order valence-corrected chi connectivity index (χ0v) is 13.6. The van der Waals surface area contributed by atoms with Gasteiger partial charge < -0.3 is 13.7 Å². The van der Waals surface area contributed by atoms with Gasteiger partial charge in [0, 0.05) is 11.8 Å². The van der Waals surface area contributed by atoms with Crippen molar-refractivity contribution in [2.45, 2.75) is 6.92 Å². The molecule has 0 saturated heterocycles. The van der Waals surface area contributed by atoms with Crippen LogP contribution in [0.1, 0.15) is 5.76 Å². The summed E-state index contributed by atoms with van der Waals surface area (Å²) >= 11 is 0. The molecule has 7 heteroatoms. The molecule has 0 aliphatic heterocycles. The van der Waals surface area contributed by atoms with Gasteiger partial charge in [0.15, 0.2) is 0 Å². The summed E-state index contributed by atoms with van der Waals surface area (Å²) in [5.74, 6) is 1.67. The molecule has 0 atom stereocenters. The smallest absolute Gasteiger partial charge is 0.254 e. The Morgan fingerprint density at radius 2 is 1.76 bits per heavy atom. The molecule has 0 aliphatic rings. The van der Waals surface area contributed by atoms with Gasteiger partial charge in [0.2, 0.25) is 5.88 Å². The third-order valence-corrected chi connectivity index (χ3v) is 3.74. The summed E-state index contributed by atoms with van der Waals surface area (Å²) in [4.78, 5) is 4.15. The minimum Gasteiger partial charge on any atom is -0.480 e. The summed E-state index contributed by atoms with van der Waals surface area (Å²) in [6.07, 6.45) is 1.64. The minimum absolute atomic E-state index is 0.319. The molecule has 0 saturated carbocycles. The molecule has 4 aromatic rings. The zero-order chi connectivity index (χ0) is 17.2. The van der Waals surface area contributed by atoms with Gasteiger partial charge in [-0.15, -0.1) is 10.2 Å². The summed E-state index contributed by atoms with van der Waals surface area (Å²) < 4.78 is 16.5. The van der Waals surface area contributed by atoms with E-state index in [1.165, 1.54) is 0 Å². The third-order valence-electron chi connectivity index (χ3n) is 3.74. The number of ether oxygens (including phenoxy) is 1. The maximum absolute atomic E-state index is 5.86. The lowest BCUT2D eigenvalue weighted by Gasteiger charge is -2.02. The molecule has 0 unspecified atom stereocenters. The van der Waals surface area contributed by atoms with Gasteiger partial charge in [-0.25, -0.2) is 4.98 Å². The molecule has 25 heavy (non-hydrogen) atoms. The van der Waals surface area contributed by atoms with Crippen LogP contribution in [0.4, 0.5) is 0 Å². The van der Waals surface area contributed by atoms with E-state index in [2.05, 4.69) is 20.3 Å². The average molecular weight is 334 g/mol. The second kappa shape index (κ2) is 6.20. The van der Waals surface area contributed by atoms with Crippen LogP contribution in [0.5, 0.6) is 5.88 Å². The molecule has 7 nitrogen and oxygen atoms in total. The summed E-state index contributed by atoms with van der Waals surface area (Å²) in [6, 6.07) is 13.3. The van der Waals surface area contributed by atoms with E-state index >= 15 is 0 Å². The molecule has 0 spiro atoms. The van der Waals surface area contributed by atoms with E-state index in [0.29, 0.717) is 40.2 Å². The fourth-order valence-corrected chi connectivity index (χ4v) is 2.57. The van der Waals surface area contributed by atoms with Crippen LogP contribution in [0.2, 0.25) is 0 Å². The second-order valence-electron chi connectivity index (χ2n) is 5.30. The Morgan fingerprint density at radius 3 is 2.56 bits per heavy atom. The van der Waals surface area contributed by atoms with Crippen molar-refractivity contribution in [3.63, 3.8) is 0 Å². The van der Waals surface area contributed by atoms with Crippen molar-refractivity contribution in [1.82, 2.24) is 20.3 Å². The van der Waals surface area contributed by atoms with E-state index < -0.39 is 0 Å². The number of rotatable bonds is 4. The van der Waals surface area contributed by atoms with Gasteiger partial charge in [0.05, 0.1) is 7.11 Å². The molecule has 3 aromatic heterocycles. The van der Waals surface area contributed by atoms with Crippen molar-refractivity contribution < 1.29 is 13.7 Å². The minimum atomic E-state index is 0.319. The summed E-state index contributed by atoms with van der Waals surface area (Å²) in [7, 11) is 1.54. The molecule has 0 fully saturated rings. The Labute approximate surface area is 143 Å². The van der Waals surface area contributed by atoms with Gasteiger partial charge in [0.25, 0.3) is 11.8 Å². The van der Waals surface area contributed by atoms with Gasteiger partial charge in [-0.3, -0.25) is 0 Å². The standard InChI is InChI=1S/C18H14N4O3/c1-11-14(15(22-25-11)12-7-4-3-5-8-12)18-21-20-17(24-18)13-9-6-10-19-16(13)23-2/h3-10H,1-2H3. The zero-order valence-electron chi connectivity index (χ0n) is 13.6. The normalized spacial score (nSPS) is 10.8. The van der Waals surface area contributed by atoms with E-state index in [1.807, 2.05) is 43.3 Å². The Morgan fingerprint density at radius 1 is 0.960 bits per heavy atom. The molecule has 3 heterocycles. The van der Waals surface area contributed by atoms with E-state index in [0.717, 1.165) is 5.56 Å². The van der Waals surface area contributed by atoms with Crippen molar-refractivity contribution in [3.8, 4) is 40.0 Å². The number of aryl methyl sites for hydroxylation is 1. The van der Waals surface area contributed by atoms with Gasteiger partial charge in [-0.05, 0) is 19.1 Å². The van der Waals surface area contributed by atoms with Crippen LogP contribution in [0.3, 0.4) is 0 Å². The highest BCUT2D eigenvalue weighted by molar-refractivity contribution is 5.78. The first kappa shape index (κ1) is 15.1. The van der Waals surface area contributed by atoms with Crippen molar-refractivity contribution in [2.24, 2.45) is 0 Å². The third kappa shape index (κ3) is 2.65. The van der Waals surface area contributed by atoms with Crippen LogP contribution in [0.15, 0.2) is 57.6 Å². The molecule has 1 aromatic carbocycles. The predicted octanol–water partition coefficient (Wildman–Crippen LogP) is 3.77. The average Bonchev–Trinajstić information content (AvgIpc) is 3.29. The van der Waals surface area contributed by atoms with Gasteiger partial charge in [0.1, 0.15) is 22.6 Å². The fraction of sp³-hybridized carbons (Fsp3) is 0.111. The number of benzene rings is 1. The molecule has 4 rings (SSSR count). The first-order valence-corrected chi connectivity index (χ1v) is 7.63. The molecular formula is C18H14N4O3. The lowest BCUT2D eigenvalue weighted by molar-refractivity contribution is 0.397. The predicted molar refractivity (Wildman–Crippen MR) is 89.8 cm³/mol. The summed E-state index contributed by atoms with van der Waals surface area (Å²) in [5, 5.41) is 12.4. The summed E-state index contributed by atoms with van der Waals surface area (Å²) in [6.45, 7) is 1.81. The molecular weight excluding hydrogens is 320 g/mol. The quantitative estimate of drug-likeness (QED) is 0.561. The van der Waals surface area contributed by atoms with Crippen molar-refractivity contribution in [2.75, 3.05) is 7.11 Å². The van der Waals surface area contributed by atoms with Crippen LogP contribution in [-0.2, 0) is 0 Å².